The van der Waals surface area contributed by atoms with Crippen molar-refractivity contribution in [1.82, 2.24) is 4.98 Å². The lowest BCUT2D eigenvalue weighted by Gasteiger charge is -2.12. The van der Waals surface area contributed by atoms with Crippen LogP contribution < -0.4 is 16.8 Å². The molecule has 1 heterocycles. The van der Waals surface area contributed by atoms with Crippen molar-refractivity contribution < 1.29 is 4.79 Å². The minimum absolute atomic E-state index is 0.380. The highest BCUT2D eigenvalue weighted by Crippen LogP contribution is 2.23. The van der Waals surface area contributed by atoms with E-state index < -0.39 is 5.91 Å². The first-order valence-corrected chi connectivity index (χ1v) is 5.50. The average molecular weight is 242 g/mol. The van der Waals surface area contributed by atoms with Gasteiger partial charge in [-0.05, 0) is 24.3 Å². The number of hydrogen-bond acceptors (Lipinski definition) is 4. The fourth-order valence-corrected chi connectivity index (χ4v) is 1.65. The fraction of sp³-hybridized carbons (Fsp3) is 0.0769. The lowest BCUT2D eigenvalue weighted by molar-refractivity contribution is 0.100. The van der Waals surface area contributed by atoms with Crippen molar-refractivity contribution in [2.45, 2.75) is 6.54 Å². The fourth-order valence-electron chi connectivity index (χ4n) is 1.65. The van der Waals surface area contributed by atoms with Crippen molar-refractivity contribution in [2.75, 3.05) is 11.1 Å². The van der Waals surface area contributed by atoms with E-state index in [2.05, 4.69) is 10.3 Å². The molecule has 1 aromatic heterocycles. The Morgan fingerprint density at radius 2 is 2.06 bits per heavy atom. The topological polar surface area (TPSA) is 94.0 Å². The number of aromatic nitrogens is 1. The van der Waals surface area contributed by atoms with Crippen LogP contribution in [0.5, 0.6) is 0 Å². The number of hydrogen-bond donors (Lipinski definition) is 3. The Kier molecular flexibility index (Phi) is 3.43. The molecule has 5 N–H and O–H groups in total. The zero-order valence-electron chi connectivity index (χ0n) is 9.76. The Balaban J connectivity index is 2.21. The van der Waals surface area contributed by atoms with Gasteiger partial charge in [-0.2, -0.15) is 0 Å². The quantitative estimate of drug-likeness (QED) is 0.706. The van der Waals surface area contributed by atoms with Gasteiger partial charge in [-0.3, -0.25) is 9.78 Å². The Hall–Kier alpha value is -2.56. The van der Waals surface area contributed by atoms with Crippen molar-refractivity contribution in [1.29, 1.82) is 0 Å². The first kappa shape index (κ1) is 11.9. The second-order valence-electron chi connectivity index (χ2n) is 3.81. The minimum Gasteiger partial charge on any atom is -0.397 e. The van der Waals surface area contributed by atoms with Crippen LogP contribution in [0.4, 0.5) is 11.4 Å². The number of nitrogens with one attached hydrogen (secondary N) is 1. The highest BCUT2D eigenvalue weighted by Gasteiger charge is 2.10. The molecule has 0 atom stereocenters. The van der Waals surface area contributed by atoms with Gasteiger partial charge in [0.25, 0.3) is 5.91 Å². The molecule has 2 rings (SSSR count). The van der Waals surface area contributed by atoms with Crippen LogP contribution in [-0.4, -0.2) is 10.9 Å². The van der Waals surface area contributed by atoms with Crippen molar-refractivity contribution >= 4 is 17.3 Å². The van der Waals surface area contributed by atoms with E-state index >= 15 is 0 Å². The SMILES string of the molecule is NC(=O)c1cccc(N)c1NCc1ccccn1. The molecule has 18 heavy (non-hydrogen) atoms. The first-order chi connectivity index (χ1) is 8.68. The lowest BCUT2D eigenvalue weighted by atomic mass is 10.1. The smallest absolute Gasteiger partial charge is 0.250 e. The molecule has 0 saturated heterocycles. The van der Waals surface area contributed by atoms with E-state index in [1.165, 1.54) is 0 Å². The Morgan fingerprint density at radius 1 is 1.22 bits per heavy atom. The van der Waals surface area contributed by atoms with E-state index in [1.54, 1.807) is 24.4 Å². The number of primary amides is 1. The summed E-state index contributed by atoms with van der Waals surface area (Å²) in [5.74, 6) is -0.508. The molecule has 0 aliphatic rings. The molecule has 0 saturated carbocycles. The van der Waals surface area contributed by atoms with Crippen molar-refractivity contribution in [3.8, 4) is 0 Å². The number of nitrogens with two attached hydrogens (primary N) is 2. The highest BCUT2D eigenvalue weighted by molar-refractivity contribution is 6.01. The summed E-state index contributed by atoms with van der Waals surface area (Å²) >= 11 is 0. The number of para-hydroxylation sites is 1. The minimum atomic E-state index is -0.508. The van der Waals surface area contributed by atoms with Crippen LogP contribution in [0.1, 0.15) is 16.1 Å². The van der Waals surface area contributed by atoms with Crippen LogP contribution in [0.15, 0.2) is 42.6 Å². The predicted molar refractivity (Wildman–Crippen MR) is 70.9 cm³/mol. The summed E-state index contributed by atoms with van der Waals surface area (Å²) in [7, 11) is 0. The Bertz CT molecular complexity index is 554. The third-order valence-corrected chi connectivity index (χ3v) is 2.53. The van der Waals surface area contributed by atoms with Crippen LogP contribution >= 0.6 is 0 Å². The van der Waals surface area contributed by atoms with Crippen LogP contribution in [0.2, 0.25) is 0 Å². The van der Waals surface area contributed by atoms with Gasteiger partial charge in [0, 0.05) is 6.20 Å². The predicted octanol–water partition coefficient (Wildman–Crippen LogP) is 1.37. The number of benzene rings is 1. The molecular weight excluding hydrogens is 228 g/mol. The number of carbonyl (C=O) groups is 1. The number of anilines is 2. The van der Waals surface area contributed by atoms with E-state index in [9.17, 15) is 4.79 Å². The standard InChI is InChI=1S/C13H14N4O/c14-11-6-3-5-10(13(15)18)12(11)17-8-9-4-1-2-7-16-9/h1-7,17H,8,14H2,(H2,15,18). The van der Waals surface area contributed by atoms with Gasteiger partial charge in [0.05, 0.1) is 29.2 Å². The van der Waals surface area contributed by atoms with E-state index in [0.717, 1.165) is 5.69 Å². The molecule has 5 heteroatoms. The second kappa shape index (κ2) is 5.18. The molecule has 0 aliphatic carbocycles. The molecule has 2 aromatic rings. The van der Waals surface area contributed by atoms with Gasteiger partial charge in [-0.1, -0.05) is 12.1 Å². The van der Waals surface area contributed by atoms with E-state index in [4.69, 9.17) is 11.5 Å². The first-order valence-electron chi connectivity index (χ1n) is 5.50. The molecular formula is C13H14N4O. The van der Waals surface area contributed by atoms with Gasteiger partial charge >= 0.3 is 0 Å². The van der Waals surface area contributed by atoms with Gasteiger partial charge in [-0.15, -0.1) is 0 Å². The van der Waals surface area contributed by atoms with Gasteiger partial charge in [0.2, 0.25) is 0 Å². The number of rotatable bonds is 4. The van der Waals surface area contributed by atoms with Crippen molar-refractivity contribution in [3.63, 3.8) is 0 Å². The normalized spacial score (nSPS) is 10.0. The highest BCUT2D eigenvalue weighted by atomic mass is 16.1. The molecule has 0 fully saturated rings. The number of carbonyl (C=O) groups excluding carboxylic acids is 1. The largest absolute Gasteiger partial charge is 0.397 e. The summed E-state index contributed by atoms with van der Waals surface area (Å²) in [4.78, 5) is 15.5. The average Bonchev–Trinajstić information content (AvgIpc) is 2.38. The molecule has 92 valence electrons. The Labute approximate surface area is 105 Å². The monoisotopic (exact) mass is 242 g/mol. The summed E-state index contributed by atoms with van der Waals surface area (Å²) in [5.41, 5.74) is 13.4. The third kappa shape index (κ3) is 2.57. The zero-order chi connectivity index (χ0) is 13.0. The van der Waals surface area contributed by atoms with Gasteiger partial charge in [-0.25, -0.2) is 0 Å². The van der Waals surface area contributed by atoms with Gasteiger partial charge < -0.3 is 16.8 Å². The van der Waals surface area contributed by atoms with Gasteiger partial charge in [0.1, 0.15) is 0 Å². The molecule has 1 amide bonds. The molecule has 0 unspecified atom stereocenters. The molecule has 0 aliphatic heterocycles. The van der Waals surface area contributed by atoms with E-state index in [0.29, 0.717) is 23.5 Å². The molecule has 0 bridgehead atoms. The summed E-state index contributed by atoms with van der Waals surface area (Å²) in [6.45, 7) is 0.481. The number of pyridine rings is 1. The molecule has 0 spiro atoms. The maximum absolute atomic E-state index is 11.3. The number of nitrogens with zero attached hydrogens (tertiary/aromatic N) is 1. The molecule has 5 nitrogen and oxygen atoms in total. The lowest BCUT2D eigenvalue weighted by Crippen LogP contribution is -2.15. The summed E-state index contributed by atoms with van der Waals surface area (Å²) < 4.78 is 0. The van der Waals surface area contributed by atoms with E-state index in [-0.39, 0.29) is 0 Å². The van der Waals surface area contributed by atoms with Crippen molar-refractivity contribution in [3.05, 3.63) is 53.9 Å². The number of nitrogen functional groups attached to an aromatic ring is 1. The Morgan fingerprint density at radius 3 is 2.72 bits per heavy atom. The summed E-state index contributed by atoms with van der Waals surface area (Å²) in [5, 5.41) is 3.09. The van der Waals surface area contributed by atoms with Crippen LogP contribution in [0.3, 0.4) is 0 Å². The number of amides is 1. The summed E-state index contributed by atoms with van der Waals surface area (Å²) in [6, 6.07) is 10.7. The van der Waals surface area contributed by atoms with Gasteiger partial charge in [0.15, 0.2) is 0 Å². The maximum Gasteiger partial charge on any atom is 0.250 e. The third-order valence-electron chi connectivity index (χ3n) is 2.53. The molecule has 1 aromatic carbocycles. The van der Waals surface area contributed by atoms with E-state index in [1.807, 2.05) is 18.2 Å². The second-order valence-corrected chi connectivity index (χ2v) is 3.81. The van der Waals surface area contributed by atoms with Crippen LogP contribution in [-0.2, 0) is 6.54 Å². The maximum atomic E-state index is 11.3. The van der Waals surface area contributed by atoms with Crippen LogP contribution in [0, 0.1) is 0 Å². The van der Waals surface area contributed by atoms with Crippen molar-refractivity contribution in [2.24, 2.45) is 5.73 Å². The zero-order valence-corrected chi connectivity index (χ0v) is 9.76. The molecule has 0 radical (unpaired) electrons. The van der Waals surface area contributed by atoms with Crippen LogP contribution in [0.25, 0.3) is 0 Å². The summed E-state index contributed by atoms with van der Waals surface area (Å²) in [6.07, 6.45) is 1.71.